The molecule has 0 radical (unpaired) electrons. The lowest BCUT2D eigenvalue weighted by molar-refractivity contribution is -0.384. The van der Waals surface area contributed by atoms with Crippen LogP contribution in [0.15, 0.2) is 59.5 Å². The maximum absolute atomic E-state index is 12.2. The standard InChI is InChI=1S/C16H15NO4S/c1-11(16(19)22-14-5-3-2-4-6-14)15(18)12-7-9-13(10-8-12)17(20)21/h2-11,15,18H,1H3/t11-,15+/m1/s1. The van der Waals surface area contributed by atoms with Crippen LogP contribution in [0.1, 0.15) is 18.6 Å². The Balaban J connectivity index is 2.06. The van der Waals surface area contributed by atoms with E-state index in [1.807, 2.05) is 30.3 Å². The van der Waals surface area contributed by atoms with E-state index in [0.29, 0.717) is 5.56 Å². The van der Waals surface area contributed by atoms with Gasteiger partial charge in [-0.1, -0.05) is 36.9 Å². The number of benzene rings is 2. The molecule has 2 rings (SSSR count). The number of non-ortho nitro benzene ring substituents is 1. The first kappa shape index (κ1) is 16.2. The number of nitro benzene ring substituents is 1. The summed E-state index contributed by atoms with van der Waals surface area (Å²) in [6, 6.07) is 14.8. The van der Waals surface area contributed by atoms with Gasteiger partial charge in [0.15, 0.2) is 5.12 Å². The van der Waals surface area contributed by atoms with E-state index in [0.717, 1.165) is 16.7 Å². The summed E-state index contributed by atoms with van der Waals surface area (Å²) >= 11 is 1.08. The highest BCUT2D eigenvalue weighted by atomic mass is 32.2. The van der Waals surface area contributed by atoms with Crippen LogP contribution in [0.4, 0.5) is 5.69 Å². The summed E-state index contributed by atoms with van der Waals surface area (Å²) in [5.74, 6) is -0.619. The Labute approximate surface area is 132 Å². The quantitative estimate of drug-likeness (QED) is 0.518. The Morgan fingerprint density at radius 3 is 2.27 bits per heavy atom. The molecule has 0 amide bonds. The van der Waals surface area contributed by atoms with Gasteiger partial charge in [-0.05, 0) is 29.8 Å². The van der Waals surface area contributed by atoms with E-state index in [9.17, 15) is 20.0 Å². The third kappa shape index (κ3) is 3.93. The van der Waals surface area contributed by atoms with Crippen molar-refractivity contribution in [3.63, 3.8) is 0 Å². The van der Waals surface area contributed by atoms with Crippen LogP contribution in [-0.4, -0.2) is 15.1 Å². The van der Waals surface area contributed by atoms with Crippen molar-refractivity contribution in [2.45, 2.75) is 17.9 Å². The van der Waals surface area contributed by atoms with Gasteiger partial charge in [-0.25, -0.2) is 0 Å². The smallest absolute Gasteiger partial charge is 0.269 e. The first-order valence-electron chi connectivity index (χ1n) is 6.68. The molecule has 0 saturated carbocycles. The second kappa shape index (κ2) is 7.20. The molecule has 0 aliphatic rings. The minimum atomic E-state index is -0.996. The lowest BCUT2D eigenvalue weighted by atomic mass is 9.98. The van der Waals surface area contributed by atoms with Gasteiger partial charge in [-0.2, -0.15) is 0 Å². The average molecular weight is 317 g/mol. The van der Waals surface area contributed by atoms with Crippen molar-refractivity contribution < 1.29 is 14.8 Å². The molecule has 1 N–H and O–H groups in total. The summed E-state index contributed by atoms with van der Waals surface area (Å²) < 4.78 is 0. The number of nitrogens with zero attached hydrogens (tertiary/aromatic N) is 1. The number of aliphatic hydroxyl groups excluding tert-OH is 1. The van der Waals surface area contributed by atoms with Gasteiger partial charge < -0.3 is 5.11 Å². The molecule has 0 bridgehead atoms. The minimum Gasteiger partial charge on any atom is -0.388 e. The highest BCUT2D eigenvalue weighted by molar-refractivity contribution is 8.13. The van der Waals surface area contributed by atoms with Gasteiger partial charge in [0.1, 0.15) is 0 Å². The molecule has 114 valence electrons. The van der Waals surface area contributed by atoms with Crippen molar-refractivity contribution in [1.29, 1.82) is 0 Å². The van der Waals surface area contributed by atoms with E-state index in [1.165, 1.54) is 24.3 Å². The third-order valence-electron chi connectivity index (χ3n) is 3.25. The number of carbonyl (C=O) groups is 1. The van der Waals surface area contributed by atoms with Crippen LogP contribution in [0, 0.1) is 16.0 Å². The highest BCUT2D eigenvalue weighted by Crippen LogP contribution is 2.30. The molecule has 0 aliphatic heterocycles. The van der Waals surface area contributed by atoms with E-state index < -0.39 is 16.9 Å². The molecule has 0 unspecified atom stereocenters. The predicted octanol–water partition coefficient (Wildman–Crippen LogP) is 3.58. The Morgan fingerprint density at radius 1 is 1.14 bits per heavy atom. The van der Waals surface area contributed by atoms with E-state index in [2.05, 4.69) is 0 Å². The van der Waals surface area contributed by atoms with Gasteiger partial charge in [0.2, 0.25) is 0 Å². The average Bonchev–Trinajstić information content (AvgIpc) is 2.54. The van der Waals surface area contributed by atoms with Crippen LogP contribution in [0.3, 0.4) is 0 Å². The number of hydrogen-bond acceptors (Lipinski definition) is 5. The molecule has 0 saturated heterocycles. The molecule has 0 fully saturated rings. The molecule has 5 nitrogen and oxygen atoms in total. The van der Waals surface area contributed by atoms with Crippen LogP contribution in [0.2, 0.25) is 0 Å². The molecule has 22 heavy (non-hydrogen) atoms. The molecular weight excluding hydrogens is 302 g/mol. The van der Waals surface area contributed by atoms with E-state index in [-0.39, 0.29) is 10.8 Å². The monoisotopic (exact) mass is 317 g/mol. The normalized spacial score (nSPS) is 13.4. The van der Waals surface area contributed by atoms with Crippen LogP contribution >= 0.6 is 11.8 Å². The van der Waals surface area contributed by atoms with Crippen molar-refractivity contribution in [2.24, 2.45) is 5.92 Å². The zero-order valence-electron chi connectivity index (χ0n) is 11.9. The van der Waals surface area contributed by atoms with E-state index >= 15 is 0 Å². The zero-order chi connectivity index (χ0) is 16.1. The molecule has 6 heteroatoms. The number of carbonyl (C=O) groups excluding carboxylic acids is 1. The van der Waals surface area contributed by atoms with E-state index in [4.69, 9.17) is 0 Å². The molecule has 2 aromatic carbocycles. The lowest BCUT2D eigenvalue weighted by Crippen LogP contribution is -2.16. The summed E-state index contributed by atoms with van der Waals surface area (Å²) in [5, 5.41) is 20.7. The predicted molar refractivity (Wildman–Crippen MR) is 84.5 cm³/mol. The molecule has 0 aromatic heterocycles. The Hall–Kier alpha value is -2.18. The fourth-order valence-electron chi connectivity index (χ4n) is 1.91. The second-order valence-electron chi connectivity index (χ2n) is 4.82. The number of aliphatic hydroxyl groups is 1. The van der Waals surface area contributed by atoms with Crippen molar-refractivity contribution in [1.82, 2.24) is 0 Å². The lowest BCUT2D eigenvalue weighted by Gasteiger charge is -2.17. The summed E-state index contributed by atoms with van der Waals surface area (Å²) in [7, 11) is 0. The largest absolute Gasteiger partial charge is 0.388 e. The summed E-state index contributed by atoms with van der Waals surface area (Å²) in [6.45, 7) is 1.64. The fourth-order valence-corrected chi connectivity index (χ4v) is 2.75. The van der Waals surface area contributed by atoms with Gasteiger partial charge in [0.05, 0.1) is 16.9 Å². The maximum Gasteiger partial charge on any atom is 0.269 e. The van der Waals surface area contributed by atoms with Gasteiger partial charge in [-0.3, -0.25) is 14.9 Å². The number of rotatable bonds is 5. The summed E-state index contributed by atoms with van der Waals surface area (Å²) in [6.07, 6.45) is -0.996. The minimum absolute atomic E-state index is 0.0476. The fraction of sp³-hybridized carbons (Fsp3) is 0.188. The van der Waals surface area contributed by atoms with Gasteiger partial charge in [0.25, 0.3) is 5.69 Å². The second-order valence-corrected chi connectivity index (χ2v) is 5.89. The van der Waals surface area contributed by atoms with Crippen molar-refractivity contribution in [2.75, 3.05) is 0 Å². The summed E-state index contributed by atoms with van der Waals surface area (Å²) in [5.41, 5.74) is 0.439. The Morgan fingerprint density at radius 2 is 1.73 bits per heavy atom. The molecule has 0 aliphatic carbocycles. The topological polar surface area (TPSA) is 80.4 Å². The molecule has 2 aromatic rings. The first-order valence-corrected chi connectivity index (χ1v) is 7.50. The molecular formula is C16H15NO4S. The number of thioether (sulfide) groups is 1. The molecule has 2 atom stereocenters. The van der Waals surface area contributed by atoms with Crippen molar-refractivity contribution >= 4 is 22.6 Å². The Kier molecular flexibility index (Phi) is 5.30. The summed E-state index contributed by atoms with van der Waals surface area (Å²) in [4.78, 5) is 23.1. The highest BCUT2D eigenvalue weighted by Gasteiger charge is 2.24. The van der Waals surface area contributed by atoms with Gasteiger partial charge in [-0.15, -0.1) is 0 Å². The maximum atomic E-state index is 12.2. The van der Waals surface area contributed by atoms with E-state index in [1.54, 1.807) is 6.92 Å². The van der Waals surface area contributed by atoms with Crippen molar-refractivity contribution in [3.8, 4) is 0 Å². The van der Waals surface area contributed by atoms with Crippen molar-refractivity contribution in [3.05, 3.63) is 70.3 Å². The van der Waals surface area contributed by atoms with Gasteiger partial charge >= 0.3 is 0 Å². The number of nitro groups is 1. The van der Waals surface area contributed by atoms with Gasteiger partial charge in [0, 0.05) is 17.0 Å². The van der Waals surface area contributed by atoms with Crippen LogP contribution in [-0.2, 0) is 4.79 Å². The number of hydrogen-bond donors (Lipinski definition) is 1. The zero-order valence-corrected chi connectivity index (χ0v) is 12.7. The third-order valence-corrected chi connectivity index (χ3v) is 4.33. The van der Waals surface area contributed by atoms with Crippen LogP contribution < -0.4 is 0 Å². The molecule has 0 spiro atoms. The SMILES string of the molecule is C[C@@H](C(=O)Sc1ccccc1)[C@H](O)c1ccc([N+](=O)[O-])cc1. The van der Waals surface area contributed by atoms with Crippen LogP contribution in [0.25, 0.3) is 0 Å². The first-order chi connectivity index (χ1) is 10.5. The Bertz CT molecular complexity index is 658. The molecule has 0 heterocycles. The van der Waals surface area contributed by atoms with Crippen LogP contribution in [0.5, 0.6) is 0 Å².